The summed E-state index contributed by atoms with van der Waals surface area (Å²) in [6.07, 6.45) is -1.30. The van der Waals surface area contributed by atoms with Gasteiger partial charge in [-0.3, -0.25) is 39.6 Å². The number of amides is 1. The van der Waals surface area contributed by atoms with Crippen molar-refractivity contribution in [2.75, 3.05) is 5.01 Å². The highest BCUT2D eigenvalue weighted by atomic mass is 16.6. The van der Waals surface area contributed by atoms with E-state index in [1.54, 1.807) is 30.3 Å². The first kappa shape index (κ1) is 25.3. The standard InChI is InChI=1S/C27H19N5O7/c33-23(16-6-10-19(11-7-16)31(36)37)14-21-22(15-24(34)17-8-12-20(13-9-17)32(38)39)28-26-25(21)27(35)30(29-26)18-4-2-1-3-5-18/h1-13,26,29H,14-15H2/t26-/m0/s1. The van der Waals surface area contributed by atoms with Crippen LogP contribution in [-0.2, 0) is 4.79 Å². The van der Waals surface area contributed by atoms with Gasteiger partial charge in [-0.25, -0.2) is 5.01 Å². The highest BCUT2D eigenvalue weighted by Crippen LogP contribution is 2.34. The molecule has 0 spiro atoms. The number of nitrogens with one attached hydrogen (secondary N) is 1. The zero-order chi connectivity index (χ0) is 27.7. The number of non-ortho nitro benzene ring substituents is 2. The van der Waals surface area contributed by atoms with Crippen molar-refractivity contribution in [1.29, 1.82) is 0 Å². The fraction of sp³-hybridized carbons (Fsp3) is 0.111. The molecule has 2 aliphatic rings. The lowest BCUT2D eigenvalue weighted by molar-refractivity contribution is -0.385. The van der Waals surface area contributed by atoms with Gasteiger partial charge in [0.2, 0.25) is 0 Å². The van der Waals surface area contributed by atoms with Crippen LogP contribution in [0.1, 0.15) is 33.6 Å². The number of fused-ring (bicyclic) bond motifs is 1. The second-order valence-electron chi connectivity index (χ2n) is 8.78. The predicted molar refractivity (Wildman–Crippen MR) is 139 cm³/mol. The van der Waals surface area contributed by atoms with Gasteiger partial charge in [-0.2, -0.15) is 5.43 Å². The van der Waals surface area contributed by atoms with Crippen LogP contribution in [0.4, 0.5) is 17.1 Å². The van der Waals surface area contributed by atoms with E-state index in [-0.39, 0.29) is 46.6 Å². The average Bonchev–Trinajstić information content (AvgIpc) is 3.44. The maximum Gasteiger partial charge on any atom is 0.272 e. The van der Waals surface area contributed by atoms with Gasteiger partial charge in [0.15, 0.2) is 11.6 Å². The maximum atomic E-state index is 13.4. The van der Waals surface area contributed by atoms with Gasteiger partial charge in [-0.05, 0) is 42.0 Å². The summed E-state index contributed by atoms with van der Waals surface area (Å²) in [4.78, 5) is 65.0. The van der Waals surface area contributed by atoms with E-state index in [1.807, 2.05) is 0 Å². The zero-order valence-corrected chi connectivity index (χ0v) is 20.1. The summed E-state index contributed by atoms with van der Waals surface area (Å²) in [5.74, 6) is -1.22. The minimum Gasteiger partial charge on any atom is -0.294 e. The molecule has 0 saturated carbocycles. The number of carbonyl (C=O) groups excluding carboxylic acids is 3. The number of nitro groups is 2. The molecular formula is C27H19N5O7. The van der Waals surface area contributed by atoms with Crippen LogP contribution in [0.5, 0.6) is 0 Å². The van der Waals surface area contributed by atoms with Crippen LogP contribution in [0.25, 0.3) is 0 Å². The van der Waals surface area contributed by atoms with E-state index in [0.29, 0.717) is 11.3 Å². The summed E-state index contributed by atoms with van der Waals surface area (Å²) in [5, 5.41) is 23.2. The maximum absolute atomic E-state index is 13.4. The van der Waals surface area contributed by atoms with Crippen LogP contribution in [0.15, 0.2) is 95.0 Å². The third-order valence-electron chi connectivity index (χ3n) is 6.40. The number of aliphatic imine (C=N–C) groups is 1. The summed E-state index contributed by atoms with van der Waals surface area (Å²) in [5.41, 5.74) is 4.47. The topological polar surface area (TPSA) is 165 Å². The Hall–Kier alpha value is -5.36. The van der Waals surface area contributed by atoms with E-state index in [4.69, 9.17) is 0 Å². The quantitative estimate of drug-likeness (QED) is 0.249. The lowest BCUT2D eigenvalue weighted by Crippen LogP contribution is -2.37. The van der Waals surface area contributed by atoms with Crippen molar-refractivity contribution in [3.63, 3.8) is 0 Å². The van der Waals surface area contributed by atoms with Crippen molar-refractivity contribution in [2.24, 2.45) is 4.99 Å². The Balaban J connectivity index is 1.45. The number of para-hydroxylation sites is 1. The van der Waals surface area contributed by atoms with Crippen LogP contribution >= 0.6 is 0 Å². The molecule has 12 heteroatoms. The van der Waals surface area contributed by atoms with Gasteiger partial charge in [0.25, 0.3) is 17.3 Å². The number of rotatable bonds is 9. The Bertz CT molecular complexity index is 1580. The number of hydrazine groups is 1. The van der Waals surface area contributed by atoms with Crippen molar-refractivity contribution >= 4 is 40.2 Å². The number of allylic oxidation sites excluding steroid dienone is 1. The third-order valence-corrected chi connectivity index (χ3v) is 6.40. The summed E-state index contributed by atoms with van der Waals surface area (Å²) in [6.45, 7) is 0. The van der Waals surface area contributed by atoms with E-state index in [9.17, 15) is 34.6 Å². The number of nitrogens with zero attached hydrogens (tertiary/aromatic N) is 4. The molecule has 1 amide bonds. The molecule has 0 radical (unpaired) electrons. The fourth-order valence-electron chi connectivity index (χ4n) is 4.43. The first-order chi connectivity index (χ1) is 18.7. The second-order valence-corrected chi connectivity index (χ2v) is 8.78. The molecule has 194 valence electrons. The number of Topliss-reactive ketones (excluding diaryl/α,β-unsaturated/α-hetero) is 2. The average molecular weight is 525 g/mol. The Morgan fingerprint density at radius 2 is 1.31 bits per heavy atom. The van der Waals surface area contributed by atoms with Crippen molar-refractivity contribution in [1.82, 2.24) is 5.43 Å². The van der Waals surface area contributed by atoms with Crippen molar-refractivity contribution in [2.45, 2.75) is 19.0 Å². The molecule has 1 atom stereocenters. The van der Waals surface area contributed by atoms with Crippen molar-refractivity contribution in [3.8, 4) is 0 Å². The predicted octanol–water partition coefficient (Wildman–Crippen LogP) is 3.98. The summed E-state index contributed by atoms with van der Waals surface area (Å²) in [6, 6.07) is 19.0. The van der Waals surface area contributed by atoms with E-state index in [0.717, 1.165) is 0 Å². The first-order valence-corrected chi connectivity index (χ1v) is 11.7. The smallest absolute Gasteiger partial charge is 0.272 e. The van der Waals surface area contributed by atoms with E-state index in [2.05, 4.69) is 10.4 Å². The molecule has 1 saturated heterocycles. The van der Waals surface area contributed by atoms with Gasteiger partial charge in [0.05, 0.1) is 27.5 Å². The first-order valence-electron chi connectivity index (χ1n) is 11.7. The molecule has 0 aliphatic carbocycles. The van der Waals surface area contributed by atoms with Gasteiger partial charge >= 0.3 is 0 Å². The highest BCUT2D eigenvalue weighted by Gasteiger charge is 2.43. The fourth-order valence-corrected chi connectivity index (χ4v) is 4.43. The molecule has 0 aromatic heterocycles. The summed E-state index contributed by atoms with van der Waals surface area (Å²) >= 11 is 0. The SMILES string of the molecule is O=C(CC1=N[C@H]2NN(c3ccccc3)C(=O)C2=C1CC(=O)c1ccc([N+](=O)[O-])cc1)c1ccc([N+](=O)[O-])cc1. The number of benzene rings is 3. The summed E-state index contributed by atoms with van der Waals surface area (Å²) < 4.78 is 0. The van der Waals surface area contributed by atoms with Gasteiger partial charge in [0.1, 0.15) is 6.17 Å². The Morgan fingerprint density at radius 3 is 1.82 bits per heavy atom. The molecule has 1 fully saturated rings. The van der Waals surface area contributed by atoms with Gasteiger partial charge in [-0.1, -0.05) is 18.2 Å². The monoisotopic (exact) mass is 525 g/mol. The highest BCUT2D eigenvalue weighted by molar-refractivity contribution is 6.24. The molecule has 0 bridgehead atoms. The molecule has 1 N–H and O–H groups in total. The molecule has 5 rings (SSSR count). The lowest BCUT2D eigenvalue weighted by Gasteiger charge is -2.17. The lowest BCUT2D eigenvalue weighted by atomic mass is 9.93. The number of hydrogen-bond donors (Lipinski definition) is 1. The van der Waals surface area contributed by atoms with Gasteiger partial charge in [0, 0.05) is 47.5 Å². The number of ketones is 2. The molecule has 12 nitrogen and oxygen atoms in total. The Labute approximate surface area is 220 Å². The van der Waals surface area contributed by atoms with Crippen molar-refractivity contribution < 1.29 is 24.2 Å². The largest absolute Gasteiger partial charge is 0.294 e. The Kier molecular flexibility index (Phi) is 6.61. The number of nitro benzene ring substituents is 2. The van der Waals surface area contributed by atoms with E-state index < -0.39 is 33.5 Å². The molecule has 3 aromatic rings. The van der Waals surface area contributed by atoms with Crippen LogP contribution < -0.4 is 10.4 Å². The minimum atomic E-state index is -0.808. The third kappa shape index (κ3) is 4.95. The van der Waals surface area contributed by atoms with Crippen LogP contribution in [0.3, 0.4) is 0 Å². The molecule has 2 heterocycles. The summed E-state index contributed by atoms with van der Waals surface area (Å²) in [7, 11) is 0. The Morgan fingerprint density at radius 1 is 0.795 bits per heavy atom. The molecular weight excluding hydrogens is 506 g/mol. The molecule has 2 aliphatic heterocycles. The van der Waals surface area contributed by atoms with Crippen LogP contribution in [0, 0.1) is 20.2 Å². The number of anilines is 1. The second kappa shape index (κ2) is 10.2. The van der Waals surface area contributed by atoms with Gasteiger partial charge in [-0.15, -0.1) is 0 Å². The normalized spacial score (nSPS) is 16.2. The van der Waals surface area contributed by atoms with Crippen molar-refractivity contribution in [3.05, 3.63) is 121 Å². The minimum absolute atomic E-state index is 0.161. The zero-order valence-electron chi connectivity index (χ0n) is 20.1. The molecule has 39 heavy (non-hydrogen) atoms. The molecule has 0 unspecified atom stereocenters. The van der Waals surface area contributed by atoms with Gasteiger partial charge < -0.3 is 0 Å². The van der Waals surface area contributed by atoms with E-state index in [1.165, 1.54) is 53.5 Å². The van der Waals surface area contributed by atoms with Crippen LogP contribution in [-0.4, -0.2) is 39.2 Å². The van der Waals surface area contributed by atoms with E-state index >= 15 is 0 Å². The van der Waals surface area contributed by atoms with Crippen LogP contribution in [0.2, 0.25) is 0 Å². The number of hydrogen-bond acceptors (Lipinski definition) is 9. The number of carbonyl (C=O) groups is 3. The molecule has 3 aromatic carbocycles.